The number of nitrogens with one attached hydrogen (secondary N) is 1. The maximum atomic E-state index is 4.29. The van der Waals surface area contributed by atoms with E-state index in [-0.39, 0.29) is 0 Å². The molecule has 2 nitrogen and oxygen atoms in total. The van der Waals surface area contributed by atoms with Crippen LogP contribution in [-0.2, 0) is 0 Å². The largest absolute Gasteiger partial charge is 0.305 e. The maximum absolute atomic E-state index is 4.29. The molecule has 0 saturated heterocycles. The van der Waals surface area contributed by atoms with E-state index in [0.717, 1.165) is 12.2 Å². The van der Waals surface area contributed by atoms with Crippen molar-refractivity contribution >= 4 is 0 Å². The van der Waals surface area contributed by atoms with E-state index in [1.54, 1.807) is 0 Å². The fraction of sp³-hybridized carbons (Fsp3) is 0.417. The third-order valence-corrected chi connectivity index (χ3v) is 2.07. The van der Waals surface area contributed by atoms with Crippen LogP contribution in [0.25, 0.3) is 0 Å². The number of rotatable bonds is 4. The van der Waals surface area contributed by atoms with Crippen molar-refractivity contribution in [2.24, 2.45) is 0 Å². The Morgan fingerprint density at radius 2 is 2.29 bits per heavy atom. The molecule has 0 spiro atoms. The first kappa shape index (κ1) is 10.9. The summed E-state index contributed by atoms with van der Waals surface area (Å²) in [7, 11) is 0. The van der Waals surface area contributed by atoms with E-state index in [1.807, 2.05) is 24.4 Å². The Morgan fingerprint density at radius 3 is 2.86 bits per heavy atom. The van der Waals surface area contributed by atoms with Gasteiger partial charge in [-0.25, -0.2) is 0 Å². The Kier molecular flexibility index (Phi) is 4.33. The van der Waals surface area contributed by atoms with Gasteiger partial charge < -0.3 is 5.32 Å². The molecule has 0 amide bonds. The van der Waals surface area contributed by atoms with Crippen LogP contribution in [0.1, 0.15) is 32.5 Å². The normalized spacial score (nSPS) is 12.2. The van der Waals surface area contributed by atoms with Crippen LogP contribution in [0.5, 0.6) is 0 Å². The maximum Gasteiger partial charge on any atom is 0.0570 e. The minimum atomic E-state index is 0.312. The van der Waals surface area contributed by atoms with E-state index in [4.69, 9.17) is 0 Å². The number of allylic oxidation sites excluding steroid dienone is 1. The van der Waals surface area contributed by atoms with E-state index < -0.39 is 0 Å². The predicted molar refractivity (Wildman–Crippen MR) is 60.1 cm³/mol. The number of hydrogen-bond acceptors (Lipinski definition) is 2. The molecule has 0 aromatic carbocycles. The molecule has 14 heavy (non-hydrogen) atoms. The third kappa shape index (κ3) is 3.71. The van der Waals surface area contributed by atoms with Gasteiger partial charge >= 0.3 is 0 Å². The van der Waals surface area contributed by atoms with Gasteiger partial charge in [0.05, 0.1) is 5.69 Å². The second-order valence-corrected chi connectivity index (χ2v) is 3.67. The lowest BCUT2D eigenvalue weighted by atomic mass is 10.2. The van der Waals surface area contributed by atoms with E-state index in [9.17, 15) is 0 Å². The molecule has 1 rings (SSSR count). The molecule has 76 valence electrons. The quantitative estimate of drug-likeness (QED) is 0.738. The number of hydrogen-bond donors (Lipinski definition) is 1. The molecule has 0 unspecified atom stereocenters. The van der Waals surface area contributed by atoms with E-state index in [0.29, 0.717) is 6.04 Å². The fourth-order valence-corrected chi connectivity index (χ4v) is 1.18. The number of aromatic nitrogens is 1. The van der Waals surface area contributed by atoms with Gasteiger partial charge in [-0.15, -0.1) is 0 Å². The highest BCUT2D eigenvalue weighted by atomic mass is 14.9. The molecule has 1 atom stereocenters. The molecule has 0 radical (unpaired) electrons. The second kappa shape index (κ2) is 5.55. The van der Waals surface area contributed by atoms with Crippen molar-refractivity contribution in [2.75, 3.05) is 6.54 Å². The molecule has 0 aliphatic carbocycles. The summed E-state index contributed by atoms with van der Waals surface area (Å²) in [5, 5.41) is 3.39. The predicted octanol–water partition coefficient (Wildman–Crippen LogP) is 2.70. The molecule has 1 aromatic rings. The molecule has 0 aliphatic heterocycles. The Labute approximate surface area is 86.1 Å². The average molecular weight is 190 g/mol. The molecule has 0 fully saturated rings. The van der Waals surface area contributed by atoms with Crippen molar-refractivity contribution in [3.05, 3.63) is 41.7 Å². The summed E-state index contributed by atoms with van der Waals surface area (Å²) < 4.78 is 0. The Morgan fingerprint density at radius 1 is 1.50 bits per heavy atom. The van der Waals surface area contributed by atoms with Crippen LogP contribution in [0.4, 0.5) is 0 Å². The van der Waals surface area contributed by atoms with Gasteiger partial charge in [0, 0.05) is 18.8 Å². The van der Waals surface area contributed by atoms with Gasteiger partial charge in [0.1, 0.15) is 0 Å². The second-order valence-electron chi connectivity index (χ2n) is 3.67. The van der Waals surface area contributed by atoms with Crippen LogP contribution < -0.4 is 5.32 Å². The minimum absolute atomic E-state index is 0.312. The topological polar surface area (TPSA) is 24.9 Å². The zero-order valence-corrected chi connectivity index (χ0v) is 9.12. The first-order valence-corrected chi connectivity index (χ1v) is 4.98. The molecule has 0 bridgehead atoms. The summed E-state index contributed by atoms with van der Waals surface area (Å²) in [5.41, 5.74) is 2.43. The summed E-state index contributed by atoms with van der Waals surface area (Å²) in [6.07, 6.45) is 4.01. The molecule has 1 aromatic heterocycles. The molecule has 2 heteroatoms. The Balaban J connectivity index is 2.43. The van der Waals surface area contributed by atoms with E-state index in [1.165, 1.54) is 5.57 Å². The van der Waals surface area contributed by atoms with Crippen LogP contribution in [-0.4, -0.2) is 11.5 Å². The van der Waals surface area contributed by atoms with E-state index in [2.05, 4.69) is 37.1 Å². The standard InChI is InChI=1S/C12H18N2/c1-10(2)7-9-13-11(3)12-6-4-5-8-14-12/h4-8,11,13H,9H2,1-3H3/t11-/m1/s1. The number of pyridine rings is 1. The fourth-order valence-electron chi connectivity index (χ4n) is 1.18. The highest BCUT2D eigenvalue weighted by molar-refractivity contribution is 5.08. The zero-order valence-electron chi connectivity index (χ0n) is 9.12. The highest BCUT2D eigenvalue weighted by Gasteiger charge is 2.02. The molecule has 0 aliphatic rings. The van der Waals surface area contributed by atoms with Crippen molar-refractivity contribution < 1.29 is 0 Å². The van der Waals surface area contributed by atoms with Gasteiger partial charge in [0.2, 0.25) is 0 Å². The SMILES string of the molecule is CC(C)=CCN[C@H](C)c1ccccn1. The van der Waals surface area contributed by atoms with Crippen LogP contribution in [0.2, 0.25) is 0 Å². The molecule has 1 heterocycles. The van der Waals surface area contributed by atoms with Gasteiger partial charge in [-0.05, 0) is 32.9 Å². The zero-order chi connectivity index (χ0) is 10.4. The highest BCUT2D eigenvalue weighted by Crippen LogP contribution is 2.07. The van der Waals surface area contributed by atoms with Crippen molar-refractivity contribution in [3.8, 4) is 0 Å². The monoisotopic (exact) mass is 190 g/mol. The first-order chi connectivity index (χ1) is 6.70. The lowest BCUT2D eigenvalue weighted by molar-refractivity contribution is 0.600. The van der Waals surface area contributed by atoms with E-state index >= 15 is 0 Å². The molecule has 1 N–H and O–H groups in total. The molecular formula is C12H18N2. The average Bonchev–Trinajstić information content (AvgIpc) is 2.18. The van der Waals surface area contributed by atoms with Crippen molar-refractivity contribution in [1.82, 2.24) is 10.3 Å². The summed E-state index contributed by atoms with van der Waals surface area (Å²) in [4.78, 5) is 4.29. The van der Waals surface area contributed by atoms with Crippen LogP contribution in [0.3, 0.4) is 0 Å². The summed E-state index contributed by atoms with van der Waals surface area (Å²) in [6.45, 7) is 7.24. The minimum Gasteiger partial charge on any atom is -0.305 e. The summed E-state index contributed by atoms with van der Waals surface area (Å²) >= 11 is 0. The first-order valence-electron chi connectivity index (χ1n) is 4.98. The molecule has 0 saturated carbocycles. The van der Waals surface area contributed by atoms with Gasteiger partial charge in [-0.3, -0.25) is 4.98 Å². The summed E-state index contributed by atoms with van der Waals surface area (Å²) in [5.74, 6) is 0. The van der Waals surface area contributed by atoms with Crippen molar-refractivity contribution in [1.29, 1.82) is 0 Å². The third-order valence-electron chi connectivity index (χ3n) is 2.07. The van der Waals surface area contributed by atoms with Gasteiger partial charge in [0.15, 0.2) is 0 Å². The number of nitrogens with zero attached hydrogens (tertiary/aromatic N) is 1. The van der Waals surface area contributed by atoms with Crippen molar-refractivity contribution in [3.63, 3.8) is 0 Å². The Hall–Kier alpha value is -1.15. The van der Waals surface area contributed by atoms with Crippen LogP contribution >= 0.6 is 0 Å². The van der Waals surface area contributed by atoms with Gasteiger partial charge in [0.25, 0.3) is 0 Å². The Bertz CT molecular complexity index is 286. The van der Waals surface area contributed by atoms with Crippen LogP contribution in [0.15, 0.2) is 36.0 Å². The van der Waals surface area contributed by atoms with Crippen LogP contribution in [0, 0.1) is 0 Å². The van der Waals surface area contributed by atoms with Gasteiger partial charge in [-0.2, -0.15) is 0 Å². The lowest BCUT2D eigenvalue weighted by Crippen LogP contribution is -2.19. The molecular weight excluding hydrogens is 172 g/mol. The summed E-state index contributed by atoms with van der Waals surface area (Å²) in [6, 6.07) is 6.31. The van der Waals surface area contributed by atoms with Crippen molar-refractivity contribution in [2.45, 2.75) is 26.8 Å². The lowest BCUT2D eigenvalue weighted by Gasteiger charge is -2.11. The smallest absolute Gasteiger partial charge is 0.0570 e. The van der Waals surface area contributed by atoms with Gasteiger partial charge in [-0.1, -0.05) is 17.7 Å².